The van der Waals surface area contributed by atoms with Gasteiger partial charge in [-0.2, -0.15) is 0 Å². The number of nitrogen functional groups attached to an aromatic ring is 1. The molecule has 0 saturated carbocycles. The number of carbonyl (C=O) groups excluding carboxylic acids is 1. The quantitative estimate of drug-likeness (QED) is 0.511. The molecule has 108 valence electrons. The van der Waals surface area contributed by atoms with E-state index in [0.717, 1.165) is 31.9 Å². The fourth-order valence-electron chi connectivity index (χ4n) is 2.25. The number of hydrogen-bond donors (Lipinski definition) is 1. The van der Waals surface area contributed by atoms with Crippen LogP contribution in [0.25, 0.3) is 0 Å². The first kappa shape index (κ1) is 14.4. The molecule has 0 aromatic heterocycles. The molecule has 0 amide bonds. The molecule has 1 aliphatic rings. The molecule has 1 fully saturated rings. The Labute approximate surface area is 119 Å². The van der Waals surface area contributed by atoms with Gasteiger partial charge in [0.05, 0.1) is 11.3 Å². The van der Waals surface area contributed by atoms with Gasteiger partial charge in [0, 0.05) is 31.9 Å². The van der Waals surface area contributed by atoms with E-state index in [0.29, 0.717) is 11.3 Å². The Morgan fingerprint density at radius 3 is 2.75 bits per heavy atom. The minimum Gasteiger partial charge on any atom is -0.458 e. The first-order chi connectivity index (χ1) is 9.61. The summed E-state index contributed by atoms with van der Waals surface area (Å²) in [5.74, 6) is -0.355. The number of rotatable bonds is 4. The Bertz CT molecular complexity index is 494. The number of benzene rings is 1. The van der Waals surface area contributed by atoms with Crippen molar-refractivity contribution in [2.45, 2.75) is 0 Å². The molecule has 5 heteroatoms. The molecule has 1 aromatic rings. The lowest BCUT2D eigenvalue weighted by Gasteiger charge is -2.34. The number of nitrogens with two attached hydrogens (primary N) is 1. The second kappa shape index (κ2) is 6.43. The molecule has 0 aliphatic carbocycles. The maximum absolute atomic E-state index is 12.1. The summed E-state index contributed by atoms with van der Waals surface area (Å²) in [5, 5.41) is 0. The number of likely N-dealkylation sites (N-methyl/N-ethyl adjacent to an activating group) is 1. The zero-order valence-corrected chi connectivity index (χ0v) is 11.8. The number of carbonyl (C=O) groups is 1. The minimum atomic E-state index is -0.355. The summed E-state index contributed by atoms with van der Waals surface area (Å²) in [6.45, 7) is 7.49. The molecule has 1 aliphatic heterocycles. The summed E-state index contributed by atoms with van der Waals surface area (Å²) in [4.78, 5) is 16.6. The second-order valence-electron chi connectivity index (χ2n) is 4.95. The summed E-state index contributed by atoms with van der Waals surface area (Å²) in [6, 6.07) is 5.39. The standard InChI is InChI=1S/C15H21N3O2/c1-3-10-20-15(19)13-11-12(16)4-5-14(13)18-8-6-17(2)7-9-18/h3-5,11H,1,6-10,16H2,2H3. The molecule has 0 radical (unpaired) electrons. The van der Waals surface area contributed by atoms with E-state index in [1.807, 2.05) is 12.1 Å². The predicted molar refractivity (Wildman–Crippen MR) is 81.0 cm³/mol. The van der Waals surface area contributed by atoms with E-state index in [1.54, 1.807) is 12.1 Å². The van der Waals surface area contributed by atoms with E-state index in [4.69, 9.17) is 10.5 Å². The van der Waals surface area contributed by atoms with Crippen LogP contribution in [0.1, 0.15) is 10.4 Å². The maximum Gasteiger partial charge on any atom is 0.340 e. The van der Waals surface area contributed by atoms with E-state index in [-0.39, 0.29) is 12.6 Å². The van der Waals surface area contributed by atoms with Gasteiger partial charge in [0.15, 0.2) is 0 Å². The van der Waals surface area contributed by atoms with Gasteiger partial charge in [-0.25, -0.2) is 4.79 Å². The van der Waals surface area contributed by atoms with Crippen LogP contribution in [-0.4, -0.2) is 50.7 Å². The Morgan fingerprint density at radius 2 is 2.10 bits per heavy atom. The summed E-state index contributed by atoms with van der Waals surface area (Å²) in [5.41, 5.74) is 7.77. The first-order valence-electron chi connectivity index (χ1n) is 6.73. The molecule has 20 heavy (non-hydrogen) atoms. The molecule has 5 nitrogen and oxygen atoms in total. The van der Waals surface area contributed by atoms with Crippen molar-refractivity contribution in [2.75, 3.05) is 50.5 Å². The van der Waals surface area contributed by atoms with Crippen molar-refractivity contribution in [1.29, 1.82) is 0 Å². The van der Waals surface area contributed by atoms with Crippen LogP contribution in [0.5, 0.6) is 0 Å². The summed E-state index contributed by atoms with van der Waals surface area (Å²) in [6.07, 6.45) is 1.56. The lowest BCUT2D eigenvalue weighted by atomic mass is 10.1. The van der Waals surface area contributed by atoms with Crippen molar-refractivity contribution in [3.8, 4) is 0 Å². The van der Waals surface area contributed by atoms with Crippen LogP contribution in [0.15, 0.2) is 30.9 Å². The SMILES string of the molecule is C=CCOC(=O)c1cc(N)ccc1N1CCN(C)CC1. The van der Waals surface area contributed by atoms with E-state index in [2.05, 4.69) is 23.4 Å². The van der Waals surface area contributed by atoms with Gasteiger partial charge in [0.1, 0.15) is 6.61 Å². The highest BCUT2D eigenvalue weighted by Gasteiger charge is 2.21. The number of hydrogen-bond acceptors (Lipinski definition) is 5. The largest absolute Gasteiger partial charge is 0.458 e. The number of ether oxygens (including phenoxy) is 1. The molecule has 1 heterocycles. The molecule has 0 atom stereocenters. The average molecular weight is 275 g/mol. The summed E-state index contributed by atoms with van der Waals surface area (Å²) >= 11 is 0. The van der Waals surface area contributed by atoms with Crippen LogP contribution < -0.4 is 10.6 Å². The van der Waals surface area contributed by atoms with E-state index in [9.17, 15) is 4.79 Å². The molecule has 0 unspecified atom stereocenters. The topological polar surface area (TPSA) is 58.8 Å². The van der Waals surface area contributed by atoms with Gasteiger partial charge < -0.3 is 20.3 Å². The van der Waals surface area contributed by atoms with E-state index < -0.39 is 0 Å². The van der Waals surface area contributed by atoms with Crippen LogP contribution in [0.4, 0.5) is 11.4 Å². The van der Waals surface area contributed by atoms with Crippen molar-refractivity contribution >= 4 is 17.3 Å². The first-order valence-corrected chi connectivity index (χ1v) is 6.73. The number of nitrogens with zero attached hydrogens (tertiary/aromatic N) is 2. The third-order valence-corrected chi connectivity index (χ3v) is 3.42. The summed E-state index contributed by atoms with van der Waals surface area (Å²) in [7, 11) is 2.10. The third-order valence-electron chi connectivity index (χ3n) is 3.42. The van der Waals surface area contributed by atoms with Gasteiger partial charge >= 0.3 is 5.97 Å². The monoisotopic (exact) mass is 275 g/mol. The van der Waals surface area contributed by atoms with Crippen LogP contribution >= 0.6 is 0 Å². The Balaban J connectivity index is 2.23. The lowest BCUT2D eigenvalue weighted by Crippen LogP contribution is -2.45. The smallest absolute Gasteiger partial charge is 0.340 e. The summed E-state index contributed by atoms with van der Waals surface area (Å²) < 4.78 is 5.14. The fraction of sp³-hybridized carbons (Fsp3) is 0.400. The lowest BCUT2D eigenvalue weighted by molar-refractivity contribution is 0.0550. The van der Waals surface area contributed by atoms with Crippen molar-refractivity contribution in [3.63, 3.8) is 0 Å². The molecular formula is C15H21N3O2. The highest BCUT2D eigenvalue weighted by atomic mass is 16.5. The maximum atomic E-state index is 12.1. The predicted octanol–water partition coefficient (Wildman–Crippen LogP) is 1.36. The van der Waals surface area contributed by atoms with Crippen molar-refractivity contribution in [2.24, 2.45) is 0 Å². The number of piperazine rings is 1. The third kappa shape index (κ3) is 3.30. The Hall–Kier alpha value is -2.01. The molecule has 0 spiro atoms. The molecular weight excluding hydrogens is 254 g/mol. The normalized spacial score (nSPS) is 15.9. The molecule has 1 aromatic carbocycles. The van der Waals surface area contributed by atoms with Crippen LogP contribution in [-0.2, 0) is 4.74 Å². The minimum absolute atomic E-state index is 0.204. The van der Waals surface area contributed by atoms with Crippen molar-refractivity contribution in [3.05, 3.63) is 36.4 Å². The van der Waals surface area contributed by atoms with Crippen LogP contribution in [0.3, 0.4) is 0 Å². The Morgan fingerprint density at radius 1 is 1.40 bits per heavy atom. The van der Waals surface area contributed by atoms with Crippen molar-refractivity contribution in [1.82, 2.24) is 4.90 Å². The van der Waals surface area contributed by atoms with E-state index >= 15 is 0 Å². The van der Waals surface area contributed by atoms with Gasteiger partial charge in [0.25, 0.3) is 0 Å². The van der Waals surface area contributed by atoms with Gasteiger partial charge in [-0.1, -0.05) is 12.7 Å². The zero-order valence-electron chi connectivity index (χ0n) is 11.8. The second-order valence-corrected chi connectivity index (χ2v) is 4.95. The Kier molecular flexibility index (Phi) is 4.63. The van der Waals surface area contributed by atoms with Gasteiger partial charge in [0.2, 0.25) is 0 Å². The zero-order chi connectivity index (χ0) is 14.5. The molecule has 0 bridgehead atoms. The van der Waals surface area contributed by atoms with Crippen LogP contribution in [0, 0.1) is 0 Å². The number of anilines is 2. The molecule has 2 N–H and O–H groups in total. The van der Waals surface area contributed by atoms with E-state index in [1.165, 1.54) is 0 Å². The molecule has 2 rings (SSSR count). The average Bonchev–Trinajstić information content (AvgIpc) is 2.46. The van der Waals surface area contributed by atoms with Gasteiger partial charge in [-0.05, 0) is 25.2 Å². The highest BCUT2D eigenvalue weighted by molar-refractivity contribution is 5.97. The van der Waals surface area contributed by atoms with Crippen LogP contribution in [0.2, 0.25) is 0 Å². The van der Waals surface area contributed by atoms with Crippen molar-refractivity contribution < 1.29 is 9.53 Å². The van der Waals surface area contributed by atoms with Gasteiger partial charge in [-0.3, -0.25) is 0 Å². The fourth-order valence-corrected chi connectivity index (χ4v) is 2.25. The number of esters is 1. The van der Waals surface area contributed by atoms with Gasteiger partial charge in [-0.15, -0.1) is 0 Å². The highest BCUT2D eigenvalue weighted by Crippen LogP contribution is 2.25. The molecule has 1 saturated heterocycles.